The highest BCUT2D eigenvalue weighted by Crippen LogP contribution is 2.18. The number of rotatable bonds is 5. The molecule has 2 aliphatic rings. The fraction of sp³-hybridized carbons (Fsp3) is 0.529. The van der Waals surface area contributed by atoms with E-state index in [1.807, 2.05) is 12.1 Å². The number of anilines is 1. The van der Waals surface area contributed by atoms with Gasteiger partial charge in [-0.3, -0.25) is 9.69 Å². The van der Waals surface area contributed by atoms with Gasteiger partial charge in [0.2, 0.25) is 0 Å². The van der Waals surface area contributed by atoms with Crippen LogP contribution in [0.4, 0.5) is 10.5 Å². The molecule has 6 heteroatoms. The van der Waals surface area contributed by atoms with E-state index in [2.05, 4.69) is 16.0 Å². The Balaban J connectivity index is 1.57. The molecule has 2 heterocycles. The lowest BCUT2D eigenvalue weighted by Gasteiger charge is -2.27. The number of hydrogen-bond donors (Lipinski definition) is 3. The van der Waals surface area contributed by atoms with Gasteiger partial charge in [-0.1, -0.05) is 6.07 Å². The molecule has 2 saturated heterocycles. The zero-order valence-corrected chi connectivity index (χ0v) is 13.3. The molecule has 1 atom stereocenters. The molecule has 2 fully saturated rings. The predicted octanol–water partition coefficient (Wildman–Crippen LogP) is 1.34. The molecule has 3 rings (SSSR count). The van der Waals surface area contributed by atoms with Crippen molar-refractivity contribution >= 4 is 17.6 Å². The van der Waals surface area contributed by atoms with E-state index in [-0.39, 0.29) is 11.9 Å². The topological polar surface area (TPSA) is 73.5 Å². The first-order valence-corrected chi connectivity index (χ1v) is 8.38. The summed E-state index contributed by atoms with van der Waals surface area (Å²) in [6.07, 6.45) is 3.11. The van der Waals surface area contributed by atoms with Crippen LogP contribution in [0.15, 0.2) is 24.3 Å². The quantitative estimate of drug-likeness (QED) is 0.767. The minimum atomic E-state index is -0.0949. The molecular formula is C17H24N4O2. The van der Waals surface area contributed by atoms with E-state index < -0.39 is 0 Å². The second kappa shape index (κ2) is 7.46. The Morgan fingerprint density at radius 2 is 2.26 bits per heavy atom. The molecule has 0 spiro atoms. The first-order valence-electron chi connectivity index (χ1n) is 8.38. The number of carbonyl (C=O) groups is 2. The zero-order chi connectivity index (χ0) is 16.1. The van der Waals surface area contributed by atoms with Crippen LogP contribution in [0, 0.1) is 5.92 Å². The summed E-state index contributed by atoms with van der Waals surface area (Å²) in [6, 6.07) is 7.18. The Hall–Kier alpha value is -2.08. The first kappa shape index (κ1) is 15.8. The molecule has 23 heavy (non-hydrogen) atoms. The number of benzene rings is 1. The van der Waals surface area contributed by atoms with Crippen molar-refractivity contribution in [3.8, 4) is 0 Å². The molecule has 1 aromatic rings. The molecule has 1 unspecified atom stereocenters. The fourth-order valence-corrected chi connectivity index (χ4v) is 3.14. The van der Waals surface area contributed by atoms with Gasteiger partial charge < -0.3 is 16.0 Å². The highest BCUT2D eigenvalue weighted by atomic mass is 16.2. The SMILES string of the molecule is O=C(NCCC1CCNC1)c1cccc(N2CCCNC2=O)c1. The van der Waals surface area contributed by atoms with Crippen LogP contribution in [0.1, 0.15) is 29.6 Å². The lowest BCUT2D eigenvalue weighted by molar-refractivity contribution is 0.0951. The van der Waals surface area contributed by atoms with Crippen molar-refractivity contribution in [2.24, 2.45) is 5.92 Å². The summed E-state index contributed by atoms with van der Waals surface area (Å²) in [7, 11) is 0. The van der Waals surface area contributed by atoms with Gasteiger partial charge >= 0.3 is 6.03 Å². The summed E-state index contributed by atoms with van der Waals surface area (Å²) in [4.78, 5) is 25.9. The second-order valence-electron chi connectivity index (χ2n) is 6.19. The minimum Gasteiger partial charge on any atom is -0.352 e. The second-order valence-corrected chi connectivity index (χ2v) is 6.19. The Bertz CT molecular complexity index is 569. The largest absolute Gasteiger partial charge is 0.352 e. The van der Waals surface area contributed by atoms with Gasteiger partial charge in [0.1, 0.15) is 0 Å². The van der Waals surface area contributed by atoms with Crippen LogP contribution in [0.25, 0.3) is 0 Å². The normalized spacial score (nSPS) is 21.1. The number of nitrogens with one attached hydrogen (secondary N) is 3. The summed E-state index contributed by atoms with van der Waals surface area (Å²) < 4.78 is 0. The van der Waals surface area contributed by atoms with E-state index in [4.69, 9.17) is 0 Å². The smallest absolute Gasteiger partial charge is 0.321 e. The van der Waals surface area contributed by atoms with Gasteiger partial charge in [-0.05, 0) is 56.5 Å². The van der Waals surface area contributed by atoms with Crippen LogP contribution in [0.3, 0.4) is 0 Å². The molecular weight excluding hydrogens is 292 g/mol. The van der Waals surface area contributed by atoms with Crippen molar-refractivity contribution in [1.82, 2.24) is 16.0 Å². The van der Waals surface area contributed by atoms with E-state index in [1.54, 1.807) is 17.0 Å². The molecule has 0 saturated carbocycles. The number of amides is 3. The zero-order valence-electron chi connectivity index (χ0n) is 13.3. The number of carbonyl (C=O) groups excluding carboxylic acids is 2. The molecule has 3 amide bonds. The van der Waals surface area contributed by atoms with Gasteiger partial charge in [0, 0.05) is 30.9 Å². The molecule has 0 bridgehead atoms. The van der Waals surface area contributed by atoms with Gasteiger partial charge in [-0.15, -0.1) is 0 Å². The predicted molar refractivity (Wildman–Crippen MR) is 89.7 cm³/mol. The van der Waals surface area contributed by atoms with Crippen molar-refractivity contribution in [2.45, 2.75) is 19.3 Å². The van der Waals surface area contributed by atoms with Crippen LogP contribution in [-0.2, 0) is 0 Å². The molecule has 124 valence electrons. The summed E-state index contributed by atoms with van der Waals surface area (Å²) in [5, 5.41) is 9.14. The van der Waals surface area contributed by atoms with Crippen molar-refractivity contribution in [1.29, 1.82) is 0 Å². The van der Waals surface area contributed by atoms with E-state index >= 15 is 0 Å². The fourth-order valence-electron chi connectivity index (χ4n) is 3.14. The highest BCUT2D eigenvalue weighted by molar-refractivity contribution is 5.97. The molecule has 0 radical (unpaired) electrons. The van der Waals surface area contributed by atoms with Crippen molar-refractivity contribution < 1.29 is 9.59 Å². The maximum absolute atomic E-state index is 12.3. The van der Waals surface area contributed by atoms with Crippen LogP contribution < -0.4 is 20.9 Å². The molecule has 0 aromatic heterocycles. The van der Waals surface area contributed by atoms with E-state index in [0.717, 1.165) is 31.6 Å². The van der Waals surface area contributed by atoms with E-state index in [1.165, 1.54) is 6.42 Å². The average Bonchev–Trinajstić information content (AvgIpc) is 3.09. The molecule has 0 aliphatic carbocycles. The molecule has 6 nitrogen and oxygen atoms in total. The Morgan fingerprint density at radius 3 is 3.04 bits per heavy atom. The third-order valence-corrected chi connectivity index (χ3v) is 4.50. The number of hydrogen-bond acceptors (Lipinski definition) is 3. The lowest BCUT2D eigenvalue weighted by Crippen LogP contribution is -2.46. The number of urea groups is 1. The maximum atomic E-state index is 12.3. The van der Waals surface area contributed by atoms with E-state index in [0.29, 0.717) is 31.1 Å². The van der Waals surface area contributed by atoms with Crippen LogP contribution in [0.5, 0.6) is 0 Å². The van der Waals surface area contributed by atoms with Gasteiger partial charge in [-0.25, -0.2) is 4.79 Å². The highest BCUT2D eigenvalue weighted by Gasteiger charge is 2.20. The summed E-state index contributed by atoms with van der Waals surface area (Å²) >= 11 is 0. The van der Waals surface area contributed by atoms with Crippen molar-refractivity contribution in [3.05, 3.63) is 29.8 Å². The Labute approximate surface area is 136 Å². The lowest BCUT2D eigenvalue weighted by atomic mass is 10.1. The molecule has 2 aliphatic heterocycles. The van der Waals surface area contributed by atoms with Gasteiger partial charge in [0.05, 0.1) is 0 Å². The molecule has 1 aromatic carbocycles. The standard InChI is InChI=1S/C17H24N4O2/c22-16(19-9-6-13-5-8-18-12-13)14-3-1-4-15(11-14)21-10-2-7-20-17(21)23/h1,3-4,11,13,18H,2,5-10,12H2,(H,19,22)(H,20,23). The van der Waals surface area contributed by atoms with Crippen LogP contribution in [-0.4, -0.2) is 44.7 Å². The summed E-state index contributed by atoms with van der Waals surface area (Å²) in [6.45, 7) is 4.23. The monoisotopic (exact) mass is 316 g/mol. The summed E-state index contributed by atoms with van der Waals surface area (Å²) in [5.41, 5.74) is 1.38. The summed E-state index contributed by atoms with van der Waals surface area (Å²) in [5.74, 6) is 0.592. The number of nitrogens with zero attached hydrogens (tertiary/aromatic N) is 1. The third kappa shape index (κ3) is 4.01. The Kier molecular flexibility index (Phi) is 5.12. The van der Waals surface area contributed by atoms with Crippen molar-refractivity contribution in [2.75, 3.05) is 37.6 Å². The third-order valence-electron chi connectivity index (χ3n) is 4.50. The van der Waals surface area contributed by atoms with E-state index in [9.17, 15) is 9.59 Å². The maximum Gasteiger partial charge on any atom is 0.321 e. The minimum absolute atomic E-state index is 0.0739. The van der Waals surface area contributed by atoms with Crippen molar-refractivity contribution in [3.63, 3.8) is 0 Å². The van der Waals surface area contributed by atoms with Crippen LogP contribution >= 0.6 is 0 Å². The van der Waals surface area contributed by atoms with Gasteiger partial charge in [-0.2, -0.15) is 0 Å². The van der Waals surface area contributed by atoms with Gasteiger partial charge in [0.15, 0.2) is 0 Å². The van der Waals surface area contributed by atoms with Gasteiger partial charge in [0.25, 0.3) is 5.91 Å². The molecule has 3 N–H and O–H groups in total. The van der Waals surface area contributed by atoms with Crippen LogP contribution in [0.2, 0.25) is 0 Å². The first-order chi connectivity index (χ1) is 11.2. The Morgan fingerprint density at radius 1 is 1.35 bits per heavy atom. The average molecular weight is 316 g/mol.